The van der Waals surface area contributed by atoms with Gasteiger partial charge in [0.1, 0.15) is 5.41 Å². The van der Waals surface area contributed by atoms with Crippen LogP contribution in [0.1, 0.15) is 13.8 Å². The molecule has 4 N–H and O–H groups in total. The Balaban J connectivity index is 4.58. The molecule has 0 atom stereocenters. The number of carbonyl (C=O) groups excluding carboxylic acids is 1. The summed E-state index contributed by atoms with van der Waals surface area (Å²) < 4.78 is 0. The molecular formula is C6H13N3O2. The standard InChI is InChI=1S/C6H13N3O2/c1-6(2,4(7)9-11)5(10)8-3/h11H,1-3H3,(H2,7,9)(H,8,10). The molecule has 0 heterocycles. The zero-order chi connectivity index (χ0) is 9.07. The molecule has 0 aromatic rings. The summed E-state index contributed by atoms with van der Waals surface area (Å²) in [6.45, 7) is 3.14. The Kier molecular flexibility index (Phi) is 2.86. The van der Waals surface area contributed by atoms with Gasteiger partial charge in [-0.15, -0.1) is 0 Å². The van der Waals surface area contributed by atoms with Crippen molar-refractivity contribution in [1.82, 2.24) is 5.32 Å². The highest BCUT2D eigenvalue weighted by molar-refractivity contribution is 6.05. The van der Waals surface area contributed by atoms with Gasteiger partial charge in [-0.05, 0) is 13.8 Å². The molecule has 0 saturated heterocycles. The van der Waals surface area contributed by atoms with Crippen LogP contribution in [-0.2, 0) is 4.79 Å². The van der Waals surface area contributed by atoms with Gasteiger partial charge in [0.2, 0.25) is 5.91 Å². The van der Waals surface area contributed by atoms with Crippen molar-refractivity contribution in [1.29, 1.82) is 0 Å². The predicted octanol–water partition coefficient (Wildman–Crippen LogP) is -0.495. The third-order valence-corrected chi connectivity index (χ3v) is 1.54. The van der Waals surface area contributed by atoms with E-state index in [1.807, 2.05) is 0 Å². The molecule has 5 nitrogen and oxygen atoms in total. The summed E-state index contributed by atoms with van der Waals surface area (Å²) in [5.41, 5.74) is 4.31. The largest absolute Gasteiger partial charge is 0.409 e. The monoisotopic (exact) mass is 159 g/mol. The maximum atomic E-state index is 11.1. The highest BCUT2D eigenvalue weighted by atomic mass is 16.4. The fraction of sp³-hybridized carbons (Fsp3) is 0.667. The van der Waals surface area contributed by atoms with Crippen LogP contribution in [0, 0.1) is 5.41 Å². The van der Waals surface area contributed by atoms with E-state index in [0.29, 0.717) is 0 Å². The summed E-state index contributed by atoms with van der Waals surface area (Å²) >= 11 is 0. The van der Waals surface area contributed by atoms with Crippen molar-refractivity contribution >= 4 is 11.7 Å². The molecule has 5 heteroatoms. The first-order valence-corrected chi connectivity index (χ1v) is 3.17. The Morgan fingerprint density at radius 2 is 2.09 bits per heavy atom. The number of carbonyl (C=O) groups is 1. The zero-order valence-electron chi connectivity index (χ0n) is 6.88. The minimum absolute atomic E-state index is 0.100. The molecule has 1 amide bonds. The van der Waals surface area contributed by atoms with E-state index in [9.17, 15) is 4.79 Å². The van der Waals surface area contributed by atoms with Gasteiger partial charge in [0, 0.05) is 7.05 Å². The second kappa shape index (κ2) is 3.23. The van der Waals surface area contributed by atoms with Gasteiger partial charge in [-0.2, -0.15) is 0 Å². The maximum absolute atomic E-state index is 11.1. The fourth-order valence-corrected chi connectivity index (χ4v) is 0.554. The van der Waals surface area contributed by atoms with Crippen molar-refractivity contribution < 1.29 is 10.0 Å². The highest BCUT2D eigenvalue weighted by Crippen LogP contribution is 2.14. The predicted molar refractivity (Wildman–Crippen MR) is 41.3 cm³/mol. The summed E-state index contributed by atoms with van der Waals surface area (Å²) in [5.74, 6) is -0.385. The van der Waals surface area contributed by atoms with Gasteiger partial charge in [-0.3, -0.25) is 4.79 Å². The van der Waals surface area contributed by atoms with Gasteiger partial charge in [-0.1, -0.05) is 5.16 Å². The summed E-state index contributed by atoms with van der Waals surface area (Å²) in [6, 6.07) is 0. The van der Waals surface area contributed by atoms with Gasteiger partial charge < -0.3 is 16.3 Å². The lowest BCUT2D eigenvalue weighted by molar-refractivity contribution is -0.125. The molecule has 0 aromatic heterocycles. The summed E-state index contributed by atoms with van der Waals surface area (Å²) in [4.78, 5) is 11.1. The van der Waals surface area contributed by atoms with Gasteiger partial charge >= 0.3 is 0 Å². The number of nitrogens with one attached hydrogen (secondary N) is 1. The minimum Gasteiger partial charge on any atom is -0.409 e. The number of nitrogens with two attached hydrogens (primary N) is 1. The zero-order valence-corrected chi connectivity index (χ0v) is 6.88. The molecule has 0 aromatic carbocycles. The molecular weight excluding hydrogens is 146 g/mol. The molecule has 0 fully saturated rings. The molecule has 0 rings (SSSR count). The highest BCUT2D eigenvalue weighted by Gasteiger charge is 2.31. The van der Waals surface area contributed by atoms with Crippen molar-refractivity contribution in [3.8, 4) is 0 Å². The van der Waals surface area contributed by atoms with Crippen LogP contribution in [0.4, 0.5) is 0 Å². The lowest BCUT2D eigenvalue weighted by Crippen LogP contribution is -2.44. The van der Waals surface area contributed by atoms with E-state index >= 15 is 0 Å². The Morgan fingerprint density at radius 3 is 2.36 bits per heavy atom. The molecule has 11 heavy (non-hydrogen) atoms. The average Bonchev–Trinajstić information content (AvgIpc) is 2.01. The number of amidine groups is 1. The van der Waals surface area contributed by atoms with Crippen LogP contribution in [0.3, 0.4) is 0 Å². The molecule has 0 aliphatic rings. The van der Waals surface area contributed by atoms with Crippen LogP contribution in [0.15, 0.2) is 5.16 Å². The number of hydrogen-bond donors (Lipinski definition) is 3. The van der Waals surface area contributed by atoms with Crippen molar-refractivity contribution in [3.63, 3.8) is 0 Å². The first-order valence-electron chi connectivity index (χ1n) is 3.17. The van der Waals surface area contributed by atoms with Crippen molar-refractivity contribution in [3.05, 3.63) is 0 Å². The van der Waals surface area contributed by atoms with Gasteiger partial charge in [0.05, 0.1) is 0 Å². The van der Waals surface area contributed by atoms with Gasteiger partial charge in [-0.25, -0.2) is 0 Å². The minimum atomic E-state index is -0.955. The van der Waals surface area contributed by atoms with E-state index in [4.69, 9.17) is 10.9 Å². The van der Waals surface area contributed by atoms with Gasteiger partial charge in [0.15, 0.2) is 5.84 Å². The molecule has 0 unspecified atom stereocenters. The second-order valence-electron chi connectivity index (χ2n) is 2.69. The number of nitrogens with zero attached hydrogens (tertiary/aromatic N) is 1. The van der Waals surface area contributed by atoms with Gasteiger partial charge in [0.25, 0.3) is 0 Å². The van der Waals surface area contributed by atoms with Crippen LogP contribution >= 0.6 is 0 Å². The van der Waals surface area contributed by atoms with Crippen LogP contribution in [0.2, 0.25) is 0 Å². The lowest BCUT2D eigenvalue weighted by atomic mass is 9.91. The quantitative estimate of drug-likeness (QED) is 0.220. The molecule has 0 aliphatic carbocycles. The smallest absolute Gasteiger partial charge is 0.233 e. The van der Waals surface area contributed by atoms with E-state index in [2.05, 4.69) is 10.5 Å². The number of hydrogen-bond acceptors (Lipinski definition) is 3. The molecule has 0 saturated carbocycles. The fourth-order valence-electron chi connectivity index (χ4n) is 0.554. The number of oxime groups is 1. The third kappa shape index (κ3) is 1.83. The second-order valence-corrected chi connectivity index (χ2v) is 2.69. The summed E-state index contributed by atoms with van der Waals surface area (Å²) in [7, 11) is 1.49. The van der Waals surface area contributed by atoms with Crippen LogP contribution in [0.5, 0.6) is 0 Å². The molecule has 0 aliphatic heterocycles. The van der Waals surface area contributed by atoms with E-state index in [1.165, 1.54) is 7.05 Å². The average molecular weight is 159 g/mol. The van der Waals surface area contributed by atoms with Crippen molar-refractivity contribution in [2.75, 3.05) is 7.05 Å². The van der Waals surface area contributed by atoms with E-state index in [1.54, 1.807) is 13.8 Å². The first-order chi connectivity index (χ1) is 4.96. The molecule has 0 radical (unpaired) electrons. The Hall–Kier alpha value is -1.26. The van der Waals surface area contributed by atoms with Crippen molar-refractivity contribution in [2.45, 2.75) is 13.8 Å². The van der Waals surface area contributed by atoms with E-state index in [0.717, 1.165) is 0 Å². The SMILES string of the molecule is CNC(=O)C(C)(C)C(N)=NO. The molecule has 0 bridgehead atoms. The molecule has 0 spiro atoms. The topological polar surface area (TPSA) is 87.7 Å². The number of rotatable bonds is 2. The molecule has 64 valence electrons. The number of amides is 1. The Morgan fingerprint density at radius 1 is 1.64 bits per heavy atom. The van der Waals surface area contributed by atoms with Crippen LogP contribution < -0.4 is 11.1 Å². The summed E-state index contributed by atoms with van der Waals surface area (Å²) in [5, 5.41) is 13.5. The maximum Gasteiger partial charge on any atom is 0.233 e. The lowest BCUT2D eigenvalue weighted by Gasteiger charge is -2.19. The van der Waals surface area contributed by atoms with E-state index in [-0.39, 0.29) is 11.7 Å². The first kappa shape index (κ1) is 9.74. The van der Waals surface area contributed by atoms with Crippen molar-refractivity contribution in [2.24, 2.45) is 16.3 Å². The van der Waals surface area contributed by atoms with Crippen LogP contribution in [-0.4, -0.2) is 24.0 Å². The Bertz CT molecular complexity index is 186. The van der Waals surface area contributed by atoms with Crippen LogP contribution in [0.25, 0.3) is 0 Å². The summed E-state index contributed by atoms with van der Waals surface area (Å²) in [6.07, 6.45) is 0. The van der Waals surface area contributed by atoms with E-state index < -0.39 is 5.41 Å². The normalized spacial score (nSPS) is 12.8. The third-order valence-electron chi connectivity index (χ3n) is 1.54. The Labute approximate surface area is 65.3 Å².